The summed E-state index contributed by atoms with van der Waals surface area (Å²) in [7, 11) is 0. The molecule has 1 unspecified atom stereocenters. The number of aliphatic hydroxyl groups is 1. The van der Waals surface area contributed by atoms with Crippen LogP contribution >= 0.6 is 11.8 Å². The smallest absolute Gasteiger partial charge is 0.317 e. The average Bonchev–Trinajstić information content (AvgIpc) is 2.25. The Hall–Kier alpha value is -1.00. The molecule has 0 amide bonds. The molecule has 0 radical (unpaired) electrons. The van der Waals surface area contributed by atoms with Gasteiger partial charge in [-0.15, -0.1) is 11.8 Å². The summed E-state index contributed by atoms with van der Waals surface area (Å²) >= 11 is 1.34. The molecule has 0 aliphatic carbocycles. The molecule has 88 valence electrons. The largest absolute Gasteiger partial charge is 0.480 e. The summed E-state index contributed by atoms with van der Waals surface area (Å²) in [5, 5.41) is 17.5. The number of aliphatic hydroxyl groups excluding tert-OH is 1. The van der Waals surface area contributed by atoms with Crippen molar-refractivity contribution in [1.82, 2.24) is 0 Å². The molecule has 1 aromatic carbocycles. The normalized spacial score (nSPS) is 12.8. The summed E-state index contributed by atoms with van der Waals surface area (Å²) in [6.07, 6.45) is 0. The van der Waals surface area contributed by atoms with Gasteiger partial charge in [-0.3, -0.25) is 4.79 Å². The van der Waals surface area contributed by atoms with Crippen LogP contribution in [0.1, 0.15) is 19.4 Å². The van der Waals surface area contributed by atoms with Crippen LogP contribution in [-0.2, 0) is 11.4 Å². The zero-order valence-electron chi connectivity index (χ0n) is 9.38. The molecule has 0 saturated carbocycles. The van der Waals surface area contributed by atoms with E-state index in [4.69, 9.17) is 10.2 Å². The highest BCUT2D eigenvalue weighted by atomic mass is 32.2. The number of hydrogen-bond donors (Lipinski definition) is 2. The Morgan fingerprint density at radius 1 is 1.31 bits per heavy atom. The van der Waals surface area contributed by atoms with E-state index < -0.39 is 11.2 Å². The molecular weight excluding hydrogens is 224 g/mol. The standard InChI is InChI=1S/C12H16O3S/c1-8(2)11(12(14)15)16-10-5-3-9(7-13)4-6-10/h3-6,8,11,13H,7H2,1-2H3,(H,14,15). The van der Waals surface area contributed by atoms with E-state index in [1.807, 2.05) is 38.1 Å². The third-order valence-electron chi connectivity index (χ3n) is 2.22. The van der Waals surface area contributed by atoms with Gasteiger partial charge in [-0.2, -0.15) is 0 Å². The third kappa shape index (κ3) is 3.54. The number of carboxylic acid groups (broad SMARTS) is 1. The summed E-state index contributed by atoms with van der Waals surface area (Å²) in [6, 6.07) is 7.30. The molecule has 1 rings (SSSR count). The fourth-order valence-electron chi connectivity index (χ4n) is 1.29. The molecule has 0 aliphatic rings. The number of benzene rings is 1. The van der Waals surface area contributed by atoms with Gasteiger partial charge < -0.3 is 10.2 Å². The van der Waals surface area contributed by atoms with Crippen LogP contribution in [0.2, 0.25) is 0 Å². The van der Waals surface area contributed by atoms with E-state index in [-0.39, 0.29) is 12.5 Å². The van der Waals surface area contributed by atoms with Crippen LogP contribution in [0.15, 0.2) is 29.2 Å². The summed E-state index contributed by atoms with van der Waals surface area (Å²) in [5.74, 6) is -0.703. The van der Waals surface area contributed by atoms with E-state index in [0.29, 0.717) is 0 Å². The molecule has 0 saturated heterocycles. The minimum atomic E-state index is -0.786. The average molecular weight is 240 g/mol. The van der Waals surface area contributed by atoms with Crippen LogP contribution in [0.5, 0.6) is 0 Å². The maximum atomic E-state index is 11.0. The third-order valence-corrected chi connectivity index (χ3v) is 3.76. The van der Waals surface area contributed by atoms with Crippen LogP contribution in [0.4, 0.5) is 0 Å². The zero-order chi connectivity index (χ0) is 12.1. The molecule has 4 heteroatoms. The lowest BCUT2D eigenvalue weighted by molar-refractivity contribution is -0.137. The molecular formula is C12H16O3S. The van der Waals surface area contributed by atoms with Gasteiger partial charge in [-0.05, 0) is 23.6 Å². The van der Waals surface area contributed by atoms with E-state index in [2.05, 4.69) is 0 Å². The van der Waals surface area contributed by atoms with Crippen LogP contribution in [-0.4, -0.2) is 21.4 Å². The van der Waals surface area contributed by atoms with Gasteiger partial charge in [0.2, 0.25) is 0 Å². The molecule has 16 heavy (non-hydrogen) atoms. The lowest BCUT2D eigenvalue weighted by atomic mass is 10.1. The maximum Gasteiger partial charge on any atom is 0.317 e. The second kappa shape index (κ2) is 5.92. The summed E-state index contributed by atoms with van der Waals surface area (Å²) < 4.78 is 0. The van der Waals surface area contributed by atoms with E-state index in [9.17, 15) is 4.79 Å². The molecule has 0 heterocycles. The first-order valence-corrected chi connectivity index (χ1v) is 6.02. The van der Waals surface area contributed by atoms with Crippen molar-refractivity contribution in [1.29, 1.82) is 0 Å². The van der Waals surface area contributed by atoms with Crippen LogP contribution in [0, 0.1) is 5.92 Å². The monoisotopic (exact) mass is 240 g/mol. The highest BCUT2D eigenvalue weighted by Gasteiger charge is 2.22. The maximum absolute atomic E-state index is 11.0. The molecule has 0 bridgehead atoms. The highest BCUT2D eigenvalue weighted by molar-refractivity contribution is 8.00. The lowest BCUT2D eigenvalue weighted by Gasteiger charge is -2.15. The SMILES string of the molecule is CC(C)C(Sc1ccc(CO)cc1)C(=O)O. The Morgan fingerprint density at radius 3 is 2.25 bits per heavy atom. The van der Waals surface area contributed by atoms with Gasteiger partial charge in [0.25, 0.3) is 0 Å². The van der Waals surface area contributed by atoms with E-state index in [1.54, 1.807) is 0 Å². The molecule has 0 fully saturated rings. The van der Waals surface area contributed by atoms with Crippen LogP contribution in [0.25, 0.3) is 0 Å². The zero-order valence-corrected chi connectivity index (χ0v) is 10.2. The van der Waals surface area contributed by atoms with Gasteiger partial charge >= 0.3 is 5.97 Å². The topological polar surface area (TPSA) is 57.5 Å². The van der Waals surface area contributed by atoms with Gasteiger partial charge in [0.05, 0.1) is 6.61 Å². The van der Waals surface area contributed by atoms with Gasteiger partial charge in [0.15, 0.2) is 0 Å². The van der Waals surface area contributed by atoms with Gasteiger partial charge in [0.1, 0.15) is 5.25 Å². The van der Waals surface area contributed by atoms with Crippen molar-refractivity contribution in [3.05, 3.63) is 29.8 Å². The molecule has 0 spiro atoms. The number of rotatable bonds is 5. The summed E-state index contributed by atoms with van der Waals surface area (Å²) in [4.78, 5) is 11.9. The predicted octanol–water partition coefficient (Wildman–Crippen LogP) is 2.38. The van der Waals surface area contributed by atoms with Gasteiger partial charge in [-0.1, -0.05) is 26.0 Å². The Kier molecular flexibility index (Phi) is 4.83. The minimum Gasteiger partial charge on any atom is -0.480 e. The Bertz CT molecular complexity index is 346. The van der Waals surface area contributed by atoms with Gasteiger partial charge in [0, 0.05) is 4.90 Å². The minimum absolute atomic E-state index is 0.0114. The number of carboxylic acids is 1. The highest BCUT2D eigenvalue weighted by Crippen LogP contribution is 2.28. The Morgan fingerprint density at radius 2 is 1.88 bits per heavy atom. The van der Waals surface area contributed by atoms with Crippen molar-refractivity contribution in [2.45, 2.75) is 30.6 Å². The summed E-state index contributed by atoms with van der Waals surface area (Å²) in [6.45, 7) is 3.80. The van der Waals surface area contributed by atoms with E-state index in [1.165, 1.54) is 11.8 Å². The van der Waals surface area contributed by atoms with E-state index >= 15 is 0 Å². The predicted molar refractivity (Wildman–Crippen MR) is 64.5 cm³/mol. The first-order chi connectivity index (χ1) is 7.54. The van der Waals surface area contributed by atoms with Crippen molar-refractivity contribution in [3.63, 3.8) is 0 Å². The van der Waals surface area contributed by atoms with Crippen molar-refractivity contribution in [2.24, 2.45) is 5.92 Å². The molecule has 1 aromatic rings. The van der Waals surface area contributed by atoms with Crippen molar-refractivity contribution in [3.8, 4) is 0 Å². The number of carbonyl (C=O) groups is 1. The summed E-state index contributed by atoms with van der Waals surface area (Å²) in [5.41, 5.74) is 0.834. The Balaban J connectivity index is 2.74. The second-order valence-electron chi connectivity index (χ2n) is 3.92. The van der Waals surface area contributed by atoms with Crippen LogP contribution in [0.3, 0.4) is 0 Å². The lowest BCUT2D eigenvalue weighted by Crippen LogP contribution is -2.22. The van der Waals surface area contributed by atoms with Crippen LogP contribution < -0.4 is 0 Å². The first kappa shape index (κ1) is 13.1. The van der Waals surface area contributed by atoms with Crippen molar-refractivity contribution >= 4 is 17.7 Å². The molecule has 2 N–H and O–H groups in total. The molecule has 1 atom stereocenters. The second-order valence-corrected chi connectivity index (χ2v) is 5.14. The fourth-order valence-corrected chi connectivity index (χ4v) is 2.25. The van der Waals surface area contributed by atoms with E-state index in [0.717, 1.165) is 10.5 Å². The fraction of sp³-hybridized carbons (Fsp3) is 0.417. The van der Waals surface area contributed by atoms with Crippen molar-refractivity contribution in [2.75, 3.05) is 0 Å². The first-order valence-electron chi connectivity index (χ1n) is 5.14. The molecule has 0 aliphatic heterocycles. The van der Waals surface area contributed by atoms with Crippen molar-refractivity contribution < 1.29 is 15.0 Å². The molecule has 0 aromatic heterocycles. The number of hydrogen-bond acceptors (Lipinski definition) is 3. The Labute approximate surface area is 99.5 Å². The number of thioether (sulfide) groups is 1. The number of aliphatic carboxylic acids is 1. The quantitative estimate of drug-likeness (QED) is 0.776. The molecule has 3 nitrogen and oxygen atoms in total. The van der Waals surface area contributed by atoms with Gasteiger partial charge in [-0.25, -0.2) is 0 Å².